The third kappa shape index (κ3) is 4.44. The van der Waals surface area contributed by atoms with Crippen molar-refractivity contribution in [1.29, 1.82) is 0 Å². The van der Waals surface area contributed by atoms with E-state index in [-0.39, 0.29) is 0 Å². The van der Waals surface area contributed by atoms with Crippen LogP contribution in [0, 0.1) is 0 Å². The van der Waals surface area contributed by atoms with Crippen LogP contribution >= 0.6 is 23.2 Å². The van der Waals surface area contributed by atoms with Crippen LogP contribution in [0.15, 0.2) is 71.8 Å². The molecule has 5 nitrogen and oxygen atoms in total. The molecule has 0 aliphatic heterocycles. The van der Waals surface area contributed by atoms with Gasteiger partial charge in [0.1, 0.15) is 12.4 Å². The van der Waals surface area contributed by atoms with Gasteiger partial charge in [-0.2, -0.15) is 5.10 Å². The van der Waals surface area contributed by atoms with Crippen molar-refractivity contribution in [3.8, 4) is 5.75 Å². The minimum atomic E-state index is 0.415. The summed E-state index contributed by atoms with van der Waals surface area (Å²) in [4.78, 5) is 7.56. The van der Waals surface area contributed by atoms with Crippen LogP contribution in [0.4, 0.5) is 5.95 Å². The largest absolute Gasteiger partial charge is 0.489 e. The van der Waals surface area contributed by atoms with Gasteiger partial charge in [0.2, 0.25) is 5.95 Å². The Morgan fingerprint density at radius 3 is 2.61 bits per heavy atom. The van der Waals surface area contributed by atoms with Gasteiger partial charge in [-0.05, 0) is 59.7 Å². The summed E-state index contributed by atoms with van der Waals surface area (Å²) in [7, 11) is 0. The average molecular weight is 411 g/mol. The van der Waals surface area contributed by atoms with E-state index in [9.17, 15) is 0 Å². The van der Waals surface area contributed by atoms with E-state index in [2.05, 4.69) is 20.5 Å². The van der Waals surface area contributed by atoms with Crippen LogP contribution in [0.25, 0.3) is 11.0 Å². The first kappa shape index (κ1) is 18.3. The minimum Gasteiger partial charge on any atom is -0.489 e. The van der Waals surface area contributed by atoms with Crippen LogP contribution in [0.1, 0.15) is 11.1 Å². The van der Waals surface area contributed by atoms with E-state index in [0.717, 1.165) is 27.9 Å². The smallest absolute Gasteiger partial charge is 0.222 e. The van der Waals surface area contributed by atoms with Crippen LogP contribution < -0.4 is 10.2 Å². The first-order valence-corrected chi connectivity index (χ1v) is 9.33. The molecule has 0 spiro atoms. The first-order valence-electron chi connectivity index (χ1n) is 8.58. The van der Waals surface area contributed by atoms with Crippen molar-refractivity contribution < 1.29 is 4.74 Å². The molecule has 3 aromatic carbocycles. The molecule has 4 aromatic rings. The third-order valence-electron chi connectivity index (χ3n) is 4.04. The lowest BCUT2D eigenvalue weighted by Gasteiger charge is -2.07. The number of nitrogens with zero attached hydrogens (tertiary/aromatic N) is 2. The number of para-hydroxylation sites is 2. The zero-order valence-corrected chi connectivity index (χ0v) is 16.2. The molecule has 140 valence electrons. The van der Waals surface area contributed by atoms with E-state index in [1.807, 2.05) is 54.6 Å². The summed E-state index contributed by atoms with van der Waals surface area (Å²) in [6.07, 6.45) is 1.72. The topological polar surface area (TPSA) is 62.3 Å². The Morgan fingerprint density at radius 1 is 1.00 bits per heavy atom. The van der Waals surface area contributed by atoms with E-state index >= 15 is 0 Å². The summed E-state index contributed by atoms with van der Waals surface area (Å²) in [5.74, 6) is 1.35. The molecule has 4 rings (SSSR count). The van der Waals surface area contributed by atoms with Crippen molar-refractivity contribution in [2.24, 2.45) is 5.10 Å². The summed E-state index contributed by atoms with van der Waals surface area (Å²) >= 11 is 11.9. The highest BCUT2D eigenvalue weighted by Crippen LogP contribution is 2.23. The number of fused-ring (bicyclic) bond motifs is 1. The third-order valence-corrected chi connectivity index (χ3v) is 4.78. The number of imidazole rings is 1. The molecule has 1 heterocycles. The maximum atomic E-state index is 6.02. The van der Waals surface area contributed by atoms with Crippen LogP contribution in [0.2, 0.25) is 10.0 Å². The number of aromatic amines is 1. The van der Waals surface area contributed by atoms with Crippen LogP contribution in [-0.4, -0.2) is 16.2 Å². The number of ether oxygens (including phenoxy) is 1. The first-order chi connectivity index (χ1) is 13.7. The highest BCUT2D eigenvalue weighted by atomic mass is 35.5. The molecule has 0 amide bonds. The van der Waals surface area contributed by atoms with E-state index in [0.29, 0.717) is 22.6 Å². The second-order valence-corrected chi connectivity index (χ2v) is 6.89. The van der Waals surface area contributed by atoms with Crippen molar-refractivity contribution in [3.63, 3.8) is 0 Å². The maximum absolute atomic E-state index is 6.02. The number of nitrogens with one attached hydrogen (secondary N) is 2. The number of benzene rings is 3. The van der Waals surface area contributed by atoms with Crippen molar-refractivity contribution in [1.82, 2.24) is 9.97 Å². The van der Waals surface area contributed by atoms with Gasteiger partial charge >= 0.3 is 0 Å². The summed E-state index contributed by atoms with van der Waals surface area (Å²) in [6.45, 7) is 0.415. The number of hydrazone groups is 1. The Bertz CT molecular complexity index is 1090. The number of H-pyrrole nitrogens is 1. The maximum Gasteiger partial charge on any atom is 0.222 e. The lowest BCUT2D eigenvalue weighted by Crippen LogP contribution is -1.96. The molecule has 0 aliphatic carbocycles. The highest BCUT2D eigenvalue weighted by molar-refractivity contribution is 6.42. The fraction of sp³-hybridized carbons (Fsp3) is 0.0476. The molecule has 0 unspecified atom stereocenters. The number of halogens is 2. The molecule has 0 saturated heterocycles. The quantitative estimate of drug-likeness (QED) is 0.307. The highest BCUT2D eigenvalue weighted by Gasteiger charge is 2.02. The van der Waals surface area contributed by atoms with Gasteiger partial charge in [0, 0.05) is 0 Å². The number of aromatic nitrogens is 2. The monoisotopic (exact) mass is 410 g/mol. The lowest BCUT2D eigenvalue weighted by molar-refractivity contribution is 0.306. The fourth-order valence-electron chi connectivity index (χ4n) is 2.62. The number of anilines is 1. The second-order valence-electron chi connectivity index (χ2n) is 6.08. The minimum absolute atomic E-state index is 0.415. The van der Waals surface area contributed by atoms with Crippen LogP contribution in [0.5, 0.6) is 5.75 Å². The molecular formula is C21H16Cl2N4O. The zero-order valence-electron chi connectivity index (χ0n) is 14.7. The van der Waals surface area contributed by atoms with Gasteiger partial charge < -0.3 is 9.72 Å². The van der Waals surface area contributed by atoms with Gasteiger partial charge in [0.05, 0.1) is 27.3 Å². The molecule has 2 N–H and O–H groups in total. The van der Waals surface area contributed by atoms with Gasteiger partial charge in [-0.25, -0.2) is 10.4 Å². The molecule has 0 fully saturated rings. The summed E-state index contributed by atoms with van der Waals surface area (Å²) < 4.78 is 5.77. The van der Waals surface area contributed by atoms with Crippen LogP contribution in [-0.2, 0) is 6.61 Å². The molecule has 0 bridgehead atoms. The van der Waals surface area contributed by atoms with Gasteiger partial charge in [-0.3, -0.25) is 0 Å². The molecule has 0 saturated carbocycles. The Morgan fingerprint density at radius 2 is 1.82 bits per heavy atom. The van der Waals surface area contributed by atoms with E-state index in [4.69, 9.17) is 27.9 Å². The molecule has 0 radical (unpaired) electrons. The van der Waals surface area contributed by atoms with Gasteiger partial charge in [-0.1, -0.05) is 41.4 Å². The van der Waals surface area contributed by atoms with Gasteiger partial charge in [0.15, 0.2) is 0 Å². The lowest BCUT2D eigenvalue weighted by atomic mass is 10.2. The molecule has 1 aromatic heterocycles. The van der Waals surface area contributed by atoms with Crippen LogP contribution in [0.3, 0.4) is 0 Å². The molecular weight excluding hydrogens is 395 g/mol. The molecule has 28 heavy (non-hydrogen) atoms. The van der Waals surface area contributed by atoms with E-state index < -0.39 is 0 Å². The standard InChI is InChI=1S/C21H16Cl2N4O/c22-17-10-7-15(11-18(17)23)13-28-16-8-5-14(6-9-16)12-24-27-21-25-19-3-1-2-4-20(19)26-21/h1-12H,13H2,(H2,25,26,27)/b24-12-. The molecule has 0 aliphatic rings. The number of hydrogen-bond donors (Lipinski definition) is 2. The Hall–Kier alpha value is -3.02. The summed E-state index contributed by atoms with van der Waals surface area (Å²) in [6, 6.07) is 20.9. The Balaban J connectivity index is 1.33. The van der Waals surface area contributed by atoms with E-state index in [1.165, 1.54) is 0 Å². The normalized spacial score (nSPS) is 11.2. The van der Waals surface area contributed by atoms with E-state index in [1.54, 1.807) is 18.3 Å². The molecule has 0 atom stereocenters. The predicted molar refractivity (Wildman–Crippen MR) is 115 cm³/mol. The SMILES string of the molecule is Clc1ccc(COc2ccc(/C=N\Nc3nc4ccccc4[nH]3)cc2)cc1Cl. The van der Waals surface area contributed by atoms with Crippen molar-refractivity contribution in [3.05, 3.63) is 87.9 Å². The fourth-order valence-corrected chi connectivity index (χ4v) is 2.94. The van der Waals surface area contributed by atoms with Gasteiger partial charge in [0.25, 0.3) is 0 Å². The average Bonchev–Trinajstić information content (AvgIpc) is 3.13. The summed E-state index contributed by atoms with van der Waals surface area (Å²) in [5, 5.41) is 5.26. The number of rotatable bonds is 6. The van der Waals surface area contributed by atoms with Crippen molar-refractivity contribution >= 4 is 46.4 Å². The summed E-state index contributed by atoms with van der Waals surface area (Å²) in [5.41, 5.74) is 6.65. The zero-order chi connectivity index (χ0) is 19.3. The van der Waals surface area contributed by atoms with Gasteiger partial charge in [-0.15, -0.1) is 0 Å². The predicted octanol–water partition coefficient (Wildman–Crippen LogP) is 5.89. The second kappa shape index (κ2) is 8.33. The number of hydrogen-bond acceptors (Lipinski definition) is 4. The molecule has 7 heteroatoms. The Labute approximate surface area is 172 Å². The van der Waals surface area contributed by atoms with Crippen molar-refractivity contribution in [2.45, 2.75) is 6.61 Å². The van der Waals surface area contributed by atoms with Crippen molar-refractivity contribution in [2.75, 3.05) is 5.43 Å². The Kier molecular flexibility index (Phi) is 5.46.